The molecule has 3 aliphatic rings. The fraction of sp³-hybridized carbons (Fsp3) is 0.400. The van der Waals surface area contributed by atoms with Crippen molar-refractivity contribution >= 4 is 35.0 Å². The van der Waals surface area contributed by atoms with Crippen molar-refractivity contribution in [1.82, 2.24) is 14.5 Å². The van der Waals surface area contributed by atoms with E-state index in [0.717, 1.165) is 39.7 Å². The van der Waals surface area contributed by atoms with Crippen LogP contribution in [0.3, 0.4) is 0 Å². The fourth-order valence-corrected chi connectivity index (χ4v) is 9.54. The van der Waals surface area contributed by atoms with Gasteiger partial charge in [0.05, 0.1) is 44.4 Å². The van der Waals surface area contributed by atoms with E-state index in [1.54, 1.807) is 13.4 Å². The third kappa shape index (κ3) is 4.56. The molecule has 2 fully saturated rings. The van der Waals surface area contributed by atoms with Crippen molar-refractivity contribution < 1.29 is 18.0 Å². The van der Waals surface area contributed by atoms with E-state index in [1.807, 2.05) is 42.8 Å². The first kappa shape index (κ1) is 26.8. The van der Waals surface area contributed by atoms with Crippen LogP contribution in [0.5, 0.6) is 5.75 Å². The van der Waals surface area contributed by atoms with Gasteiger partial charge in [-0.25, -0.2) is 13.4 Å². The van der Waals surface area contributed by atoms with E-state index in [-0.39, 0.29) is 16.9 Å². The smallest absolute Gasteiger partial charge is 0.234 e. The van der Waals surface area contributed by atoms with Crippen molar-refractivity contribution in [1.29, 1.82) is 0 Å². The molecule has 210 valence electrons. The molecule has 4 heterocycles. The minimum absolute atomic E-state index is 0.175. The Morgan fingerprint density at radius 2 is 1.82 bits per heavy atom. The molecule has 3 aromatic rings. The molecule has 1 spiro atoms. The first-order valence-electron chi connectivity index (χ1n) is 13.6. The quantitative estimate of drug-likeness (QED) is 0.417. The van der Waals surface area contributed by atoms with Gasteiger partial charge in [-0.1, -0.05) is 60.3 Å². The van der Waals surface area contributed by atoms with Gasteiger partial charge in [-0.2, -0.15) is 0 Å². The van der Waals surface area contributed by atoms with Crippen LogP contribution in [-0.4, -0.2) is 61.9 Å². The molecule has 0 aliphatic carbocycles. The van der Waals surface area contributed by atoms with Crippen LogP contribution in [0, 0.1) is 12.3 Å². The second-order valence-corrected chi connectivity index (χ2v) is 19.8. The number of nitrogens with zero attached hydrogens (tertiary/aromatic N) is 4. The molecule has 2 saturated heterocycles. The Balaban J connectivity index is 1.38. The van der Waals surface area contributed by atoms with Crippen molar-refractivity contribution in [3.63, 3.8) is 0 Å². The molecular formula is C30H36N4O4SSi. The summed E-state index contributed by atoms with van der Waals surface area (Å²) < 4.78 is 32.5. The third-order valence-corrected chi connectivity index (χ3v) is 12.5. The highest BCUT2D eigenvalue weighted by atomic mass is 32.2. The summed E-state index contributed by atoms with van der Waals surface area (Å²) in [5, 5.41) is 5.97. The van der Waals surface area contributed by atoms with E-state index in [0.29, 0.717) is 13.0 Å². The summed E-state index contributed by atoms with van der Waals surface area (Å²) in [6.07, 6.45) is 6.44. The summed E-state index contributed by atoms with van der Waals surface area (Å²) in [6, 6.07) is 14.7. The van der Waals surface area contributed by atoms with Gasteiger partial charge >= 0.3 is 0 Å². The van der Waals surface area contributed by atoms with Gasteiger partial charge in [0.25, 0.3) is 0 Å². The second kappa shape index (κ2) is 9.07. The van der Waals surface area contributed by atoms with Crippen LogP contribution in [0.25, 0.3) is 11.8 Å². The highest BCUT2D eigenvalue weighted by molar-refractivity contribution is 7.92. The maximum absolute atomic E-state index is 12.4. The topological polar surface area (TPSA) is 86.0 Å². The summed E-state index contributed by atoms with van der Waals surface area (Å²) in [4.78, 5) is 12.7. The molecule has 1 unspecified atom stereocenters. The molecule has 40 heavy (non-hydrogen) atoms. The summed E-state index contributed by atoms with van der Waals surface area (Å²) in [5.74, 6) is 1.83. The molecule has 0 radical (unpaired) electrons. The molecule has 0 saturated carbocycles. The maximum Gasteiger partial charge on any atom is 0.234 e. The maximum atomic E-state index is 12.4. The Morgan fingerprint density at radius 1 is 1.10 bits per heavy atom. The van der Waals surface area contributed by atoms with E-state index < -0.39 is 23.6 Å². The highest BCUT2D eigenvalue weighted by Gasteiger charge is 2.58. The largest absolute Gasteiger partial charge is 0.495 e. The molecule has 1 aromatic heterocycles. The summed E-state index contributed by atoms with van der Waals surface area (Å²) in [5.41, 5.74) is 3.56. The number of oxime groups is 1. The zero-order chi connectivity index (χ0) is 28.5. The van der Waals surface area contributed by atoms with Gasteiger partial charge in [-0.15, -0.1) is 0 Å². The number of sulfone groups is 1. The fourth-order valence-electron chi connectivity index (χ4n) is 6.20. The normalized spacial score (nSPS) is 23.9. The van der Waals surface area contributed by atoms with Crippen LogP contribution in [0.1, 0.15) is 30.2 Å². The van der Waals surface area contributed by atoms with Crippen molar-refractivity contribution in [2.24, 2.45) is 10.6 Å². The van der Waals surface area contributed by atoms with Crippen molar-refractivity contribution in [2.75, 3.05) is 25.2 Å². The van der Waals surface area contributed by atoms with Gasteiger partial charge < -0.3 is 19.0 Å². The second-order valence-electron chi connectivity index (χ2n) is 12.6. The lowest BCUT2D eigenvalue weighted by molar-refractivity contribution is -0.101. The number of imidazole rings is 1. The average molecular weight is 577 g/mol. The number of benzene rings is 2. The minimum atomic E-state index is -3.04. The van der Waals surface area contributed by atoms with E-state index in [4.69, 9.17) is 9.57 Å². The number of amidine groups is 1. The lowest BCUT2D eigenvalue weighted by Crippen LogP contribution is -2.62. The van der Waals surface area contributed by atoms with E-state index in [2.05, 4.69) is 65.0 Å². The standard InChI is InChI=1S/C30H36N4O4SSi/c1-21-16-33(20-31-21)26-12-7-22(14-27(26)37-3)13-23-15-30(18-39(35,36)19-30)17-34-28(23)32-38-29(34,2)24-8-10-25(11-9-24)40(4,5)6/h7-14,16,20H,15,17-19H2,1-6H3/b23-13+. The summed E-state index contributed by atoms with van der Waals surface area (Å²) >= 11 is 0. The zero-order valence-electron chi connectivity index (χ0n) is 23.9. The van der Waals surface area contributed by atoms with Crippen LogP contribution in [0.15, 0.2) is 65.7 Å². The van der Waals surface area contributed by atoms with E-state index in [1.165, 1.54) is 5.19 Å². The minimum Gasteiger partial charge on any atom is -0.495 e. The van der Waals surface area contributed by atoms with Gasteiger partial charge in [-0.05, 0) is 42.7 Å². The number of aromatic nitrogens is 2. The zero-order valence-corrected chi connectivity index (χ0v) is 25.7. The average Bonchev–Trinajstić information content (AvgIpc) is 3.46. The molecule has 0 bridgehead atoms. The van der Waals surface area contributed by atoms with Crippen molar-refractivity contribution in [3.05, 3.63) is 77.4 Å². The van der Waals surface area contributed by atoms with Crippen molar-refractivity contribution in [2.45, 2.75) is 45.6 Å². The third-order valence-electron chi connectivity index (χ3n) is 8.30. The molecule has 0 amide bonds. The first-order chi connectivity index (χ1) is 18.8. The molecule has 10 heteroatoms. The van der Waals surface area contributed by atoms with Crippen LogP contribution >= 0.6 is 0 Å². The van der Waals surface area contributed by atoms with Crippen molar-refractivity contribution in [3.8, 4) is 11.4 Å². The predicted molar refractivity (Wildman–Crippen MR) is 161 cm³/mol. The van der Waals surface area contributed by atoms with Gasteiger partial charge in [-0.3, -0.25) is 0 Å². The Kier molecular flexibility index (Phi) is 6.08. The number of hydrogen-bond acceptors (Lipinski definition) is 7. The predicted octanol–water partition coefficient (Wildman–Crippen LogP) is 4.46. The first-order valence-corrected chi connectivity index (χ1v) is 18.9. The number of ether oxygens (including phenoxy) is 1. The van der Waals surface area contributed by atoms with Crippen LogP contribution in [-0.2, 0) is 20.4 Å². The number of aryl methyl sites for hydroxylation is 1. The monoisotopic (exact) mass is 576 g/mol. The lowest BCUT2D eigenvalue weighted by Gasteiger charge is -2.50. The number of piperidine rings is 1. The Morgan fingerprint density at radius 3 is 2.42 bits per heavy atom. The van der Waals surface area contributed by atoms with E-state index >= 15 is 0 Å². The molecule has 8 nitrogen and oxygen atoms in total. The van der Waals surface area contributed by atoms with Gasteiger partial charge in [0.2, 0.25) is 5.72 Å². The molecule has 1 atom stereocenters. The van der Waals surface area contributed by atoms with Gasteiger partial charge in [0.15, 0.2) is 15.7 Å². The number of rotatable bonds is 5. The number of fused-ring (bicyclic) bond motifs is 1. The molecular weight excluding hydrogens is 541 g/mol. The molecule has 3 aliphatic heterocycles. The SMILES string of the molecule is COc1cc(/C=C2\CC3(CN4C2=NOC4(C)c2ccc([Si](C)(C)C)cc2)CS(=O)(=O)C3)ccc1-n1cnc(C)c1. The lowest BCUT2D eigenvalue weighted by atomic mass is 9.78. The summed E-state index contributed by atoms with van der Waals surface area (Å²) in [6.45, 7) is 11.6. The number of hydrogen-bond donors (Lipinski definition) is 0. The Labute approximate surface area is 237 Å². The molecule has 0 N–H and O–H groups in total. The van der Waals surface area contributed by atoms with E-state index in [9.17, 15) is 8.42 Å². The van der Waals surface area contributed by atoms with Gasteiger partial charge in [0, 0.05) is 30.6 Å². The van der Waals surface area contributed by atoms with Crippen LogP contribution in [0.4, 0.5) is 0 Å². The van der Waals surface area contributed by atoms with Crippen LogP contribution < -0.4 is 9.92 Å². The highest BCUT2D eigenvalue weighted by Crippen LogP contribution is 2.49. The molecule has 6 rings (SSSR count). The Hall–Kier alpha value is -3.37. The number of methoxy groups -OCH3 is 1. The van der Waals surface area contributed by atoms with Crippen LogP contribution in [0.2, 0.25) is 19.6 Å². The van der Waals surface area contributed by atoms with Gasteiger partial charge in [0.1, 0.15) is 5.75 Å². The molecule has 2 aromatic carbocycles. The Bertz CT molecular complexity index is 1640. The summed E-state index contributed by atoms with van der Waals surface area (Å²) in [7, 11) is -2.84.